The van der Waals surface area contributed by atoms with E-state index in [1.54, 1.807) is 0 Å². The number of rotatable bonds is 2. The lowest BCUT2D eigenvalue weighted by atomic mass is 9.82. The van der Waals surface area contributed by atoms with E-state index in [2.05, 4.69) is 9.36 Å². The zero-order valence-electron chi connectivity index (χ0n) is 9.60. The smallest absolute Gasteiger partial charge is 0.308 e. The third-order valence-corrected chi connectivity index (χ3v) is 4.12. The number of aromatic nitrogens is 2. The van der Waals surface area contributed by atoms with Crippen molar-refractivity contribution in [2.24, 2.45) is 5.92 Å². The standard InChI is InChI=1S/C11H16N2O2S/c1-7-12-10(16-13-7)8-3-5-9(6-4-8)11(14)15-2/h8-9H,3-6H2,1-2H3. The molecule has 2 rings (SSSR count). The summed E-state index contributed by atoms with van der Waals surface area (Å²) in [6.45, 7) is 1.92. The Morgan fingerprint density at radius 3 is 2.56 bits per heavy atom. The van der Waals surface area contributed by atoms with Gasteiger partial charge in [-0.25, -0.2) is 4.98 Å². The molecular weight excluding hydrogens is 224 g/mol. The molecule has 5 heteroatoms. The molecule has 0 N–H and O–H groups in total. The second kappa shape index (κ2) is 4.91. The minimum absolute atomic E-state index is 0.0631. The fourth-order valence-corrected chi connectivity index (χ4v) is 3.05. The molecule has 0 aromatic carbocycles. The Balaban J connectivity index is 1.92. The first kappa shape index (κ1) is 11.5. The molecule has 0 amide bonds. The summed E-state index contributed by atoms with van der Waals surface area (Å²) in [5.41, 5.74) is 0. The number of methoxy groups -OCH3 is 1. The highest BCUT2D eigenvalue weighted by atomic mass is 32.1. The minimum atomic E-state index is -0.0631. The molecule has 1 fully saturated rings. The first-order valence-electron chi connectivity index (χ1n) is 5.58. The highest BCUT2D eigenvalue weighted by Gasteiger charge is 2.29. The number of nitrogens with zero attached hydrogens (tertiary/aromatic N) is 2. The third kappa shape index (κ3) is 2.40. The van der Waals surface area contributed by atoms with Crippen molar-refractivity contribution in [3.63, 3.8) is 0 Å². The van der Waals surface area contributed by atoms with Gasteiger partial charge in [0, 0.05) is 5.92 Å². The maximum Gasteiger partial charge on any atom is 0.308 e. The summed E-state index contributed by atoms with van der Waals surface area (Å²) in [5, 5.41) is 1.13. The summed E-state index contributed by atoms with van der Waals surface area (Å²) in [6.07, 6.45) is 3.87. The Bertz CT molecular complexity index is 370. The predicted octanol–water partition coefficient (Wildman–Crippen LogP) is 2.29. The van der Waals surface area contributed by atoms with Crippen LogP contribution < -0.4 is 0 Å². The first-order chi connectivity index (χ1) is 7.70. The van der Waals surface area contributed by atoms with Crippen molar-refractivity contribution < 1.29 is 9.53 Å². The number of ether oxygens (including phenoxy) is 1. The summed E-state index contributed by atoms with van der Waals surface area (Å²) >= 11 is 1.49. The van der Waals surface area contributed by atoms with E-state index in [0.29, 0.717) is 5.92 Å². The number of esters is 1. The molecule has 1 aliphatic rings. The molecule has 0 aliphatic heterocycles. The lowest BCUT2D eigenvalue weighted by Gasteiger charge is -2.25. The number of hydrogen-bond acceptors (Lipinski definition) is 5. The minimum Gasteiger partial charge on any atom is -0.469 e. The molecule has 1 aliphatic carbocycles. The second-order valence-electron chi connectivity index (χ2n) is 4.25. The summed E-state index contributed by atoms with van der Waals surface area (Å²) in [7, 11) is 1.46. The van der Waals surface area contributed by atoms with E-state index < -0.39 is 0 Å². The Kier molecular flexibility index (Phi) is 3.53. The average Bonchev–Trinajstić information content (AvgIpc) is 2.75. The van der Waals surface area contributed by atoms with Gasteiger partial charge in [-0.2, -0.15) is 4.37 Å². The Morgan fingerprint density at radius 2 is 2.06 bits per heavy atom. The molecule has 1 heterocycles. The summed E-state index contributed by atoms with van der Waals surface area (Å²) in [4.78, 5) is 15.8. The number of carbonyl (C=O) groups is 1. The molecule has 4 nitrogen and oxygen atoms in total. The second-order valence-corrected chi connectivity index (χ2v) is 5.03. The van der Waals surface area contributed by atoms with E-state index in [1.807, 2.05) is 6.92 Å². The van der Waals surface area contributed by atoms with Crippen LogP contribution in [0.4, 0.5) is 0 Å². The van der Waals surface area contributed by atoms with Crippen LogP contribution in [0.1, 0.15) is 42.4 Å². The van der Waals surface area contributed by atoms with Crippen molar-refractivity contribution in [3.8, 4) is 0 Å². The summed E-state index contributed by atoms with van der Waals surface area (Å²) in [5.74, 6) is 1.38. The molecular formula is C11H16N2O2S. The van der Waals surface area contributed by atoms with Gasteiger partial charge in [-0.15, -0.1) is 0 Å². The molecule has 0 atom stereocenters. The number of hydrogen-bond donors (Lipinski definition) is 0. The number of aryl methyl sites for hydroxylation is 1. The van der Waals surface area contributed by atoms with E-state index >= 15 is 0 Å². The molecule has 1 aromatic rings. The van der Waals surface area contributed by atoms with Crippen molar-refractivity contribution >= 4 is 17.5 Å². The van der Waals surface area contributed by atoms with E-state index in [0.717, 1.165) is 36.5 Å². The van der Waals surface area contributed by atoms with Gasteiger partial charge in [-0.05, 0) is 44.1 Å². The van der Waals surface area contributed by atoms with E-state index in [-0.39, 0.29) is 11.9 Å². The first-order valence-corrected chi connectivity index (χ1v) is 6.36. The van der Waals surface area contributed by atoms with E-state index in [9.17, 15) is 4.79 Å². The van der Waals surface area contributed by atoms with Crippen LogP contribution in [0.15, 0.2) is 0 Å². The monoisotopic (exact) mass is 240 g/mol. The van der Waals surface area contributed by atoms with Crippen molar-refractivity contribution in [1.29, 1.82) is 0 Å². The van der Waals surface area contributed by atoms with Gasteiger partial charge in [0.15, 0.2) is 0 Å². The van der Waals surface area contributed by atoms with Gasteiger partial charge in [-0.3, -0.25) is 4.79 Å². The lowest BCUT2D eigenvalue weighted by molar-refractivity contribution is -0.146. The van der Waals surface area contributed by atoms with Gasteiger partial charge >= 0.3 is 5.97 Å². The van der Waals surface area contributed by atoms with Crippen molar-refractivity contribution in [2.75, 3.05) is 7.11 Å². The van der Waals surface area contributed by atoms with Crippen molar-refractivity contribution in [1.82, 2.24) is 9.36 Å². The third-order valence-electron chi connectivity index (χ3n) is 3.15. The van der Waals surface area contributed by atoms with Crippen molar-refractivity contribution in [2.45, 2.75) is 38.5 Å². The van der Waals surface area contributed by atoms with Gasteiger partial charge in [0.25, 0.3) is 0 Å². The Labute approximate surface area is 99.2 Å². The molecule has 0 unspecified atom stereocenters. The summed E-state index contributed by atoms with van der Waals surface area (Å²) < 4.78 is 8.97. The van der Waals surface area contributed by atoms with Gasteiger partial charge < -0.3 is 4.74 Å². The van der Waals surface area contributed by atoms with Gasteiger partial charge in [0.05, 0.1) is 13.0 Å². The lowest BCUT2D eigenvalue weighted by Crippen LogP contribution is -2.22. The van der Waals surface area contributed by atoms with E-state index in [1.165, 1.54) is 18.6 Å². The highest BCUT2D eigenvalue weighted by Crippen LogP contribution is 2.36. The highest BCUT2D eigenvalue weighted by molar-refractivity contribution is 7.05. The van der Waals surface area contributed by atoms with Crippen LogP contribution in [-0.2, 0) is 9.53 Å². The fourth-order valence-electron chi connectivity index (χ4n) is 2.22. The maximum absolute atomic E-state index is 11.4. The van der Waals surface area contributed by atoms with Gasteiger partial charge in [0.2, 0.25) is 0 Å². The number of carbonyl (C=O) groups excluding carboxylic acids is 1. The molecule has 1 aromatic heterocycles. The molecule has 0 bridgehead atoms. The molecule has 0 radical (unpaired) electrons. The zero-order chi connectivity index (χ0) is 11.5. The largest absolute Gasteiger partial charge is 0.469 e. The zero-order valence-corrected chi connectivity index (χ0v) is 10.4. The fraction of sp³-hybridized carbons (Fsp3) is 0.727. The predicted molar refractivity (Wildman–Crippen MR) is 61.4 cm³/mol. The average molecular weight is 240 g/mol. The van der Waals surface area contributed by atoms with Crippen LogP contribution in [0.5, 0.6) is 0 Å². The quantitative estimate of drug-likeness (QED) is 0.744. The molecule has 16 heavy (non-hydrogen) atoms. The van der Waals surface area contributed by atoms with E-state index in [4.69, 9.17) is 4.74 Å². The maximum atomic E-state index is 11.4. The van der Waals surface area contributed by atoms with Crippen molar-refractivity contribution in [3.05, 3.63) is 10.8 Å². The van der Waals surface area contributed by atoms with Crippen LogP contribution in [0.25, 0.3) is 0 Å². The van der Waals surface area contributed by atoms with Crippen LogP contribution in [-0.4, -0.2) is 22.4 Å². The normalized spacial score (nSPS) is 25.4. The molecule has 0 saturated heterocycles. The molecule has 88 valence electrons. The molecule has 0 spiro atoms. The van der Waals surface area contributed by atoms with Gasteiger partial charge in [0.1, 0.15) is 10.8 Å². The Hall–Kier alpha value is -0.970. The van der Waals surface area contributed by atoms with Crippen LogP contribution >= 0.6 is 11.5 Å². The topological polar surface area (TPSA) is 52.1 Å². The molecule has 1 saturated carbocycles. The van der Waals surface area contributed by atoms with Crippen LogP contribution in [0.3, 0.4) is 0 Å². The Morgan fingerprint density at radius 1 is 1.38 bits per heavy atom. The summed E-state index contributed by atoms with van der Waals surface area (Å²) in [6, 6.07) is 0. The van der Waals surface area contributed by atoms with Gasteiger partial charge in [-0.1, -0.05) is 0 Å². The van der Waals surface area contributed by atoms with Crippen LogP contribution in [0.2, 0.25) is 0 Å². The SMILES string of the molecule is COC(=O)C1CCC(c2nc(C)ns2)CC1. The van der Waals surface area contributed by atoms with Crippen LogP contribution in [0, 0.1) is 12.8 Å².